The first kappa shape index (κ1) is 22.3. The molecule has 138 valence electrons. The van der Waals surface area contributed by atoms with E-state index in [-0.39, 0.29) is 0 Å². The number of sulfone groups is 1. The van der Waals surface area contributed by atoms with Crippen LogP contribution in [-0.2, 0) is 19.4 Å². The zero-order valence-electron chi connectivity index (χ0n) is 11.9. The van der Waals surface area contributed by atoms with Crippen LogP contribution in [0.15, 0.2) is 0 Å². The van der Waals surface area contributed by atoms with Crippen LogP contribution in [0, 0.1) is 0 Å². The SMILES string of the molecule is COC(=O)C(Cl)(CCCCC(F)(F)F)S(=O)(=O)CCC(F)(F)F. The van der Waals surface area contributed by atoms with Crippen LogP contribution in [0.1, 0.15) is 32.1 Å². The third-order valence-electron chi connectivity index (χ3n) is 2.85. The highest BCUT2D eigenvalue weighted by atomic mass is 35.5. The smallest absolute Gasteiger partial charge is 0.390 e. The Kier molecular flexibility index (Phi) is 7.66. The molecule has 0 aromatic heterocycles. The number of ether oxygens (including phenoxy) is 1. The molecule has 0 aliphatic carbocycles. The normalized spacial score (nSPS) is 16.0. The van der Waals surface area contributed by atoms with Crippen LogP contribution in [-0.4, -0.2) is 43.8 Å². The Morgan fingerprint density at radius 2 is 1.39 bits per heavy atom. The lowest BCUT2D eigenvalue weighted by atomic mass is 10.1. The summed E-state index contributed by atoms with van der Waals surface area (Å²) >= 11 is 5.65. The van der Waals surface area contributed by atoms with E-state index in [2.05, 4.69) is 4.74 Å². The summed E-state index contributed by atoms with van der Waals surface area (Å²) in [5, 5.41) is 0. The molecule has 0 aromatic rings. The fourth-order valence-electron chi connectivity index (χ4n) is 1.63. The monoisotopic (exact) mass is 392 g/mol. The number of hydrogen-bond donors (Lipinski definition) is 0. The number of esters is 1. The fourth-order valence-corrected chi connectivity index (χ4v) is 3.69. The number of alkyl halides is 7. The summed E-state index contributed by atoms with van der Waals surface area (Å²) in [5.74, 6) is -2.98. The molecule has 0 amide bonds. The summed E-state index contributed by atoms with van der Waals surface area (Å²) in [6.45, 7) is 0. The Hall–Kier alpha value is -0.710. The summed E-state index contributed by atoms with van der Waals surface area (Å²) in [6.07, 6.45) is -14.0. The van der Waals surface area contributed by atoms with Crippen molar-refractivity contribution in [3.63, 3.8) is 0 Å². The molecule has 0 bridgehead atoms. The lowest BCUT2D eigenvalue weighted by molar-refractivity contribution is -0.142. The minimum Gasteiger partial charge on any atom is -0.467 e. The van der Waals surface area contributed by atoms with Crippen molar-refractivity contribution in [2.75, 3.05) is 12.9 Å². The van der Waals surface area contributed by atoms with Gasteiger partial charge in [-0.1, -0.05) is 11.6 Å². The molecule has 23 heavy (non-hydrogen) atoms. The lowest BCUT2D eigenvalue weighted by Crippen LogP contribution is -2.44. The van der Waals surface area contributed by atoms with E-state index in [9.17, 15) is 39.6 Å². The molecular weight excluding hydrogens is 378 g/mol. The van der Waals surface area contributed by atoms with Gasteiger partial charge in [0.1, 0.15) is 0 Å². The first-order chi connectivity index (χ1) is 10.1. The molecule has 0 N–H and O–H groups in total. The molecule has 0 aliphatic rings. The van der Waals surface area contributed by atoms with E-state index in [1.807, 2.05) is 0 Å². The molecule has 0 rings (SSSR count). The van der Waals surface area contributed by atoms with Gasteiger partial charge in [0.15, 0.2) is 9.84 Å². The Bertz CT molecular complexity index is 502. The lowest BCUT2D eigenvalue weighted by Gasteiger charge is -2.24. The average Bonchev–Trinajstić information content (AvgIpc) is 2.38. The van der Waals surface area contributed by atoms with E-state index in [4.69, 9.17) is 11.6 Å². The van der Waals surface area contributed by atoms with Crippen LogP contribution in [0.25, 0.3) is 0 Å². The second-order valence-electron chi connectivity index (χ2n) is 4.73. The molecule has 4 nitrogen and oxygen atoms in total. The molecule has 0 saturated carbocycles. The quantitative estimate of drug-likeness (QED) is 0.274. The highest BCUT2D eigenvalue weighted by Crippen LogP contribution is 2.35. The van der Waals surface area contributed by atoms with Crippen molar-refractivity contribution in [3.8, 4) is 0 Å². The zero-order chi connectivity index (χ0) is 18.5. The van der Waals surface area contributed by atoms with E-state index >= 15 is 0 Å². The van der Waals surface area contributed by atoms with Gasteiger partial charge in [0.25, 0.3) is 0 Å². The second kappa shape index (κ2) is 7.91. The molecule has 1 atom stereocenters. The van der Waals surface area contributed by atoms with Crippen molar-refractivity contribution < 1.29 is 44.3 Å². The second-order valence-corrected chi connectivity index (χ2v) is 7.93. The van der Waals surface area contributed by atoms with Gasteiger partial charge in [0, 0.05) is 6.42 Å². The number of halogens is 7. The maximum absolute atomic E-state index is 12.1. The predicted octanol–water partition coefficient (Wildman–Crippen LogP) is 3.58. The number of carbonyl (C=O) groups is 1. The largest absolute Gasteiger partial charge is 0.467 e. The third-order valence-corrected chi connectivity index (χ3v) is 5.99. The zero-order valence-corrected chi connectivity index (χ0v) is 13.5. The van der Waals surface area contributed by atoms with Gasteiger partial charge >= 0.3 is 18.3 Å². The Balaban J connectivity index is 5.06. The van der Waals surface area contributed by atoms with Crippen LogP contribution >= 0.6 is 11.6 Å². The first-order valence-corrected chi connectivity index (χ1v) is 8.31. The summed E-state index contributed by atoms with van der Waals surface area (Å²) in [6, 6.07) is 0. The first-order valence-electron chi connectivity index (χ1n) is 6.28. The molecule has 12 heteroatoms. The van der Waals surface area contributed by atoms with Crippen molar-refractivity contribution in [2.45, 2.75) is 48.7 Å². The van der Waals surface area contributed by atoms with Gasteiger partial charge in [-0.05, 0) is 19.3 Å². The summed E-state index contributed by atoms with van der Waals surface area (Å²) < 4.78 is 97.7. The summed E-state index contributed by atoms with van der Waals surface area (Å²) in [7, 11) is -4.02. The minimum absolute atomic E-state index is 0.427. The van der Waals surface area contributed by atoms with Crippen molar-refractivity contribution in [1.29, 1.82) is 0 Å². The van der Waals surface area contributed by atoms with Gasteiger partial charge in [-0.3, -0.25) is 0 Å². The van der Waals surface area contributed by atoms with Gasteiger partial charge < -0.3 is 4.74 Å². The number of rotatable bonds is 8. The predicted molar refractivity (Wildman–Crippen MR) is 69.6 cm³/mol. The topological polar surface area (TPSA) is 60.4 Å². The number of carbonyl (C=O) groups excluding carboxylic acids is 1. The third kappa shape index (κ3) is 7.60. The molecular formula is C11H15ClF6O4S. The van der Waals surface area contributed by atoms with Crippen molar-refractivity contribution in [1.82, 2.24) is 0 Å². The highest BCUT2D eigenvalue weighted by molar-refractivity contribution is 7.95. The Morgan fingerprint density at radius 1 is 0.957 bits per heavy atom. The molecule has 0 saturated heterocycles. The van der Waals surface area contributed by atoms with E-state index in [0.717, 1.165) is 7.11 Å². The van der Waals surface area contributed by atoms with Gasteiger partial charge in [-0.15, -0.1) is 0 Å². The van der Waals surface area contributed by atoms with E-state index in [0.29, 0.717) is 0 Å². The molecule has 0 heterocycles. The van der Waals surface area contributed by atoms with Crippen LogP contribution in [0.3, 0.4) is 0 Å². The average molecular weight is 393 g/mol. The molecule has 0 fully saturated rings. The number of unbranched alkanes of at least 4 members (excludes halogenated alkanes) is 1. The Labute approximate surface area is 134 Å². The molecule has 0 spiro atoms. The van der Waals surface area contributed by atoms with Crippen molar-refractivity contribution >= 4 is 27.4 Å². The summed E-state index contributed by atoms with van der Waals surface area (Å²) in [5.41, 5.74) is 0. The molecule has 0 aliphatic heterocycles. The summed E-state index contributed by atoms with van der Waals surface area (Å²) in [4.78, 5) is 11.6. The van der Waals surface area contributed by atoms with E-state index < -0.39 is 70.2 Å². The maximum atomic E-state index is 12.1. The molecule has 0 aromatic carbocycles. The van der Waals surface area contributed by atoms with Gasteiger partial charge in [-0.25, -0.2) is 13.2 Å². The standard InChI is InChI=1S/C11H15ClF6O4S/c1-22-8(19)9(12,4-2-3-5-10(13,14)15)23(20,21)7-6-11(16,17)18/h2-7H2,1H3. The van der Waals surface area contributed by atoms with Crippen LogP contribution in [0.5, 0.6) is 0 Å². The fraction of sp³-hybridized carbons (Fsp3) is 0.909. The molecule has 1 unspecified atom stereocenters. The van der Waals surface area contributed by atoms with Crippen molar-refractivity contribution in [2.24, 2.45) is 0 Å². The maximum Gasteiger partial charge on any atom is 0.390 e. The van der Waals surface area contributed by atoms with E-state index in [1.165, 1.54) is 0 Å². The van der Waals surface area contributed by atoms with Gasteiger partial charge in [-0.2, -0.15) is 26.3 Å². The minimum atomic E-state index is -4.79. The van der Waals surface area contributed by atoms with Gasteiger partial charge in [0.05, 0.1) is 19.3 Å². The van der Waals surface area contributed by atoms with Crippen molar-refractivity contribution in [3.05, 3.63) is 0 Å². The highest BCUT2D eigenvalue weighted by Gasteiger charge is 2.50. The van der Waals surface area contributed by atoms with E-state index in [1.54, 1.807) is 0 Å². The molecule has 0 radical (unpaired) electrons. The van der Waals surface area contributed by atoms with Crippen LogP contribution in [0.2, 0.25) is 0 Å². The van der Waals surface area contributed by atoms with Gasteiger partial charge in [0.2, 0.25) is 4.21 Å². The van der Waals surface area contributed by atoms with Crippen LogP contribution < -0.4 is 0 Å². The Morgan fingerprint density at radius 3 is 1.78 bits per heavy atom. The number of methoxy groups -OCH3 is 1. The van der Waals surface area contributed by atoms with Crippen LogP contribution in [0.4, 0.5) is 26.3 Å². The number of hydrogen-bond acceptors (Lipinski definition) is 4.